The molecule has 11 heteroatoms. The van der Waals surface area contributed by atoms with Crippen molar-refractivity contribution in [2.24, 2.45) is 0 Å². The zero-order valence-electron chi connectivity index (χ0n) is 18.5. The van der Waals surface area contributed by atoms with E-state index in [1.807, 2.05) is 0 Å². The minimum Gasteiger partial charge on any atom is -0.357 e. The molecule has 180 valence electrons. The SMILES string of the molecule is CNC(=O)[C@H](C)N(Cc1ccccc1Cl)C(=O)CCCN(c1cc(Cl)ccc1Cl)S(C)(=O)=O. The molecule has 0 saturated heterocycles. The number of hydrogen-bond donors (Lipinski definition) is 1. The van der Waals surface area contributed by atoms with E-state index in [1.165, 1.54) is 24.1 Å². The lowest BCUT2D eigenvalue weighted by molar-refractivity contribution is -0.140. The van der Waals surface area contributed by atoms with Gasteiger partial charge in [-0.2, -0.15) is 0 Å². The van der Waals surface area contributed by atoms with E-state index in [0.717, 1.165) is 10.6 Å². The van der Waals surface area contributed by atoms with Crippen LogP contribution in [0.3, 0.4) is 0 Å². The number of benzene rings is 2. The van der Waals surface area contributed by atoms with Gasteiger partial charge in [-0.1, -0.05) is 53.0 Å². The molecular weight excluding hydrogens is 509 g/mol. The molecule has 7 nitrogen and oxygen atoms in total. The second-order valence-electron chi connectivity index (χ2n) is 7.44. The molecule has 0 aromatic heterocycles. The van der Waals surface area contributed by atoms with E-state index < -0.39 is 16.1 Å². The number of likely N-dealkylation sites (N-methyl/N-ethyl adjacent to an activating group) is 1. The number of rotatable bonds is 10. The average Bonchev–Trinajstić information content (AvgIpc) is 2.76. The summed E-state index contributed by atoms with van der Waals surface area (Å²) in [5.74, 6) is -0.629. The lowest BCUT2D eigenvalue weighted by Crippen LogP contribution is -2.46. The Labute approximate surface area is 209 Å². The Bertz CT molecular complexity index is 1110. The topological polar surface area (TPSA) is 86.8 Å². The lowest BCUT2D eigenvalue weighted by atomic mass is 10.1. The molecule has 1 atom stereocenters. The van der Waals surface area contributed by atoms with E-state index in [0.29, 0.717) is 15.6 Å². The summed E-state index contributed by atoms with van der Waals surface area (Å²) in [5, 5.41) is 3.60. The molecule has 33 heavy (non-hydrogen) atoms. The molecule has 2 rings (SSSR count). The lowest BCUT2D eigenvalue weighted by Gasteiger charge is -2.29. The second kappa shape index (κ2) is 11.9. The second-order valence-corrected chi connectivity index (χ2v) is 10.6. The summed E-state index contributed by atoms with van der Waals surface area (Å²) in [6, 6.07) is 10.9. The Balaban J connectivity index is 2.19. The molecule has 0 radical (unpaired) electrons. The van der Waals surface area contributed by atoms with Crippen molar-refractivity contribution < 1.29 is 18.0 Å². The zero-order chi connectivity index (χ0) is 24.8. The van der Waals surface area contributed by atoms with Gasteiger partial charge in [0.05, 0.1) is 17.0 Å². The van der Waals surface area contributed by atoms with Crippen molar-refractivity contribution in [3.8, 4) is 0 Å². The van der Waals surface area contributed by atoms with E-state index >= 15 is 0 Å². The molecule has 1 N–H and O–H groups in total. The smallest absolute Gasteiger partial charge is 0.242 e. The van der Waals surface area contributed by atoms with Gasteiger partial charge in [-0.15, -0.1) is 0 Å². The van der Waals surface area contributed by atoms with E-state index in [1.54, 1.807) is 37.3 Å². The van der Waals surface area contributed by atoms with E-state index in [2.05, 4.69) is 5.32 Å². The molecule has 0 fully saturated rings. The Morgan fingerprint density at radius 3 is 2.33 bits per heavy atom. The fraction of sp³-hybridized carbons (Fsp3) is 0.364. The molecule has 0 aliphatic rings. The van der Waals surface area contributed by atoms with Gasteiger partial charge in [-0.3, -0.25) is 13.9 Å². The van der Waals surface area contributed by atoms with Crippen molar-refractivity contribution >= 4 is 62.3 Å². The molecule has 0 aliphatic carbocycles. The van der Waals surface area contributed by atoms with Crippen molar-refractivity contribution in [1.82, 2.24) is 10.2 Å². The van der Waals surface area contributed by atoms with Crippen LogP contribution in [0.2, 0.25) is 15.1 Å². The number of anilines is 1. The molecule has 0 bridgehead atoms. The van der Waals surface area contributed by atoms with Crippen LogP contribution in [0.1, 0.15) is 25.3 Å². The summed E-state index contributed by atoms with van der Waals surface area (Å²) in [5.41, 5.74) is 0.942. The number of sulfonamides is 1. The number of nitrogens with one attached hydrogen (secondary N) is 1. The third-order valence-corrected chi connectivity index (χ3v) is 7.14. The summed E-state index contributed by atoms with van der Waals surface area (Å²) in [4.78, 5) is 26.8. The van der Waals surface area contributed by atoms with Gasteiger partial charge < -0.3 is 10.2 Å². The minimum atomic E-state index is -3.68. The van der Waals surface area contributed by atoms with Crippen molar-refractivity contribution in [1.29, 1.82) is 0 Å². The van der Waals surface area contributed by atoms with E-state index in [4.69, 9.17) is 34.8 Å². The van der Waals surface area contributed by atoms with Crippen LogP contribution in [0.25, 0.3) is 0 Å². The Hall–Kier alpha value is -2.00. The normalized spacial score (nSPS) is 12.2. The van der Waals surface area contributed by atoms with Gasteiger partial charge in [0.1, 0.15) is 6.04 Å². The highest BCUT2D eigenvalue weighted by atomic mass is 35.5. The van der Waals surface area contributed by atoms with Gasteiger partial charge in [0.15, 0.2) is 0 Å². The number of amides is 2. The fourth-order valence-corrected chi connectivity index (χ4v) is 4.86. The van der Waals surface area contributed by atoms with Crippen LogP contribution in [0, 0.1) is 0 Å². The maximum atomic E-state index is 13.1. The van der Waals surface area contributed by atoms with Crippen LogP contribution in [0.4, 0.5) is 5.69 Å². The summed E-state index contributed by atoms with van der Waals surface area (Å²) in [7, 11) is -2.18. The Morgan fingerprint density at radius 1 is 1.06 bits per heavy atom. The quantitative estimate of drug-likeness (QED) is 0.491. The Morgan fingerprint density at radius 2 is 1.73 bits per heavy atom. The van der Waals surface area contributed by atoms with Gasteiger partial charge in [0, 0.05) is 36.6 Å². The molecule has 0 aliphatic heterocycles. The third-order valence-electron chi connectivity index (χ3n) is 5.04. The highest BCUT2D eigenvalue weighted by Crippen LogP contribution is 2.31. The summed E-state index contributed by atoms with van der Waals surface area (Å²) >= 11 is 18.5. The van der Waals surface area contributed by atoms with Crippen LogP contribution in [-0.4, -0.2) is 51.0 Å². The number of nitrogens with zero attached hydrogens (tertiary/aromatic N) is 2. The fourth-order valence-electron chi connectivity index (χ4n) is 3.26. The van der Waals surface area contributed by atoms with Gasteiger partial charge in [0.25, 0.3) is 0 Å². The highest BCUT2D eigenvalue weighted by Gasteiger charge is 2.27. The largest absolute Gasteiger partial charge is 0.357 e. The van der Waals surface area contributed by atoms with Gasteiger partial charge in [-0.25, -0.2) is 8.42 Å². The number of carbonyl (C=O) groups excluding carboxylic acids is 2. The molecule has 0 unspecified atom stereocenters. The van der Waals surface area contributed by atoms with Crippen LogP contribution in [0.5, 0.6) is 0 Å². The van der Waals surface area contributed by atoms with Crippen molar-refractivity contribution in [2.45, 2.75) is 32.4 Å². The minimum absolute atomic E-state index is 0.00991. The van der Waals surface area contributed by atoms with Crippen LogP contribution in [-0.2, 0) is 26.2 Å². The number of halogens is 3. The predicted octanol–water partition coefficient (Wildman–Crippen LogP) is 4.36. The molecule has 0 saturated carbocycles. The first kappa shape index (κ1) is 27.2. The average molecular weight is 535 g/mol. The maximum Gasteiger partial charge on any atom is 0.242 e. The van der Waals surface area contributed by atoms with Crippen LogP contribution < -0.4 is 9.62 Å². The first-order valence-electron chi connectivity index (χ1n) is 10.1. The molecular formula is C22H26Cl3N3O4S. The highest BCUT2D eigenvalue weighted by molar-refractivity contribution is 7.92. The zero-order valence-corrected chi connectivity index (χ0v) is 21.6. The summed E-state index contributed by atoms with van der Waals surface area (Å²) in [6.45, 7) is 1.78. The van der Waals surface area contributed by atoms with Crippen molar-refractivity contribution in [2.75, 3.05) is 24.2 Å². The summed E-state index contributed by atoms with van der Waals surface area (Å²) < 4.78 is 25.9. The Kier molecular flexibility index (Phi) is 9.84. The predicted molar refractivity (Wildman–Crippen MR) is 133 cm³/mol. The maximum absolute atomic E-state index is 13.1. The van der Waals surface area contributed by atoms with Crippen molar-refractivity contribution in [3.05, 3.63) is 63.1 Å². The first-order valence-corrected chi connectivity index (χ1v) is 13.1. The van der Waals surface area contributed by atoms with Crippen LogP contribution >= 0.6 is 34.8 Å². The monoisotopic (exact) mass is 533 g/mol. The molecule has 0 spiro atoms. The van der Waals surface area contributed by atoms with Gasteiger partial charge in [-0.05, 0) is 43.2 Å². The number of hydrogen-bond acceptors (Lipinski definition) is 4. The van der Waals surface area contributed by atoms with Crippen LogP contribution in [0.15, 0.2) is 42.5 Å². The van der Waals surface area contributed by atoms with Gasteiger partial charge >= 0.3 is 0 Å². The first-order chi connectivity index (χ1) is 15.5. The standard InChI is InChI=1S/C22H26Cl3N3O4S/c1-15(22(30)26-2)27(14-16-7-4-5-8-18(16)24)21(29)9-6-12-28(33(3,31)32)20-13-17(23)10-11-19(20)25/h4-5,7-8,10-11,13,15H,6,9,12,14H2,1-3H3,(H,26,30)/t15-/m0/s1. The molecule has 2 amide bonds. The van der Waals surface area contributed by atoms with Crippen molar-refractivity contribution in [3.63, 3.8) is 0 Å². The van der Waals surface area contributed by atoms with E-state index in [-0.39, 0.29) is 48.5 Å². The third kappa shape index (κ3) is 7.50. The molecule has 2 aromatic rings. The molecule has 0 heterocycles. The van der Waals surface area contributed by atoms with Gasteiger partial charge in [0.2, 0.25) is 21.8 Å². The number of carbonyl (C=O) groups is 2. The summed E-state index contributed by atoms with van der Waals surface area (Å²) in [6.07, 6.45) is 1.27. The van der Waals surface area contributed by atoms with E-state index in [9.17, 15) is 18.0 Å². The molecule has 2 aromatic carbocycles.